The maximum atomic E-state index is 13.1. The summed E-state index contributed by atoms with van der Waals surface area (Å²) in [6.45, 7) is 9.69. The van der Waals surface area contributed by atoms with Gasteiger partial charge in [-0.05, 0) is 45.4 Å². The molecule has 0 aliphatic carbocycles. The molecular weight excluding hydrogens is 432 g/mol. The van der Waals surface area contributed by atoms with Crippen LogP contribution in [0.4, 0.5) is 0 Å². The van der Waals surface area contributed by atoms with Crippen LogP contribution in [-0.4, -0.2) is 42.7 Å². The van der Waals surface area contributed by atoms with Crippen molar-refractivity contribution in [2.75, 3.05) is 33.0 Å². The molecule has 174 valence electrons. The van der Waals surface area contributed by atoms with Crippen molar-refractivity contribution in [2.24, 2.45) is 0 Å². The van der Waals surface area contributed by atoms with Crippen molar-refractivity contribution < 1.29 is 19.3 Å². The molecule has 7 nitrogen and oxygen atoms in total. The molecule has 32 heavy (non-hydrogen) atoms. The van der Waals surface area contributed by atoms with Crippen molar-refractivity contribution in [3.8, 4) is 11.8 Å². The molecule has 2 rings (SSSR count). The first-order valence-electron chi connectivity index (χ1n) is 10.6. The number of aromatic nitrogens is 1. The fourth-order valence-electron chi connectivity index (χ4n) is 3.13. The highest BCUT2D eigenvalue weighted by molar-refractivity contribution is 6.32. The number of allylic oxidation sites excluding steroid dienone is 1. The number of nitrogens with zero attached hydrogens (tertiary/aromatic N) is 2. The number of benzene rings is 1. The lowest BCUT2D eigenvalue weighted by Gasteiger charge is -2.27. The smallest absolute Gasteiger partial charge is 0.200 e. The minimum absolute atomic E-state index is 0.0415. The van der Waals surface area contributed by atoms with Gasteiger partial charge >= 0.3 is 0 Å². The SMILES string of the molecule is CC/C=C(/O)c1cn(C(C)(C)C)c2cc(Cl)c(OCCOCCOCCC#N)cc2c1=O. The summed E-state index contributed by atoms with van der Waals surface area (Å²) in [4.78, 5) is 13.1. The first kappa shape index (κ1) is 25.7. The number of halogens is 1. The Morgan fingerprint density at radius 1 is 1.19 bits per heavy atom. The Morgan fingerprint density at radius 2 is 1.84 bits per heavy atom. The van der Waals surface area contributed by atoms with E-state index in [2.05, 4.69) is 0 Å². The summed E-state index contributed by atoms with van der Waals surface area (Å²) in [7, 11) is 0. The summed E-state index contributed by atoms with van der Waals surface area (Å²) in [6, 6.07) is 5.34. The first-order chi connectivity index (χ1) is 15.2. The number of pyridine rings is 1. The molecule has 0 saturated carbocycles. The third-order valence-electron chi connectivity index (χ3n) is 4.67. The number of aliphatic hydroxyl groups is 1. The molecule has 8 heteroatoms. The van der Waals surface area contributed by atoms with E-state index in [0.717, 1.165) is 0 Å². The van der Waals surface area contributed by atoms with Crippen molar-refractivity contribution in [1.29, 1.82) is 5.26 Å². The van der Waals surface area contributed by atoms with Gasteiger partial charge in [0, 0.05) is 11.7 Å². The number of fused-ring (bicyclic) bond motifs is 1. The highest BCUT2D eigenvalue weighted by Crippen LogP contribution is 2.32. The Bertz CT molecular complexity index is 1050. The molecule has 0 atom stereocenters. The highest BCUT2D eigenvalue weighted by Gasteiger charge is 2.21. The summed E-state index contributed by atoms with van der Waals surface area (Å²) in [5, 5.41) is 19.7. The molecule has 0 bridgehead atoms. The molecule has 0 spiro atoms. The van der Waals surface area contributed by atoms with Crippen LogP contribution in [0.2, 0.25) is 5.02 Å². The number of hydrogen-bond donors (Lipinski definition) is 1. The van der Waals surface area contributed by atoms with E-state index in [9.17, 15) is 9.90 Å². The molecule has 0 unspecified atom stereocenters. The normalized spacial score (nSPS) is 12.2. The van der Waals surface area contributed by atoms with Gasteiger partial charge in [-0.2, -0.15) is 5.26 Å². The maximum Gasteiger partial charge on any atom is 0.200 e. The van der Waals surface area contributed by atoms with Gasteiger partial charge in [0.25, 0.3) is 0 Å². The molecule has 2 aromatic rings. The third-order valence-corrected chi connectivity index (χ3v) is 4.96. The van der Waals surface area contributed by atoms with Crippen LogP contribution < -0.4 is 10.2 Å². The van der Waals surface area contributed by atoms with Crippen LogP contribution in [0.3, 0.4) is 0 Å². The fraction of sp³-hybridized carbons (Fsp3) is 0.500. The second-order valence-corrected chi connectivity index (χ2v) is 8.60. The Morgan fingerprint density at radius 3 is 2.47 bits per heavy atom. The Kier molecular flexibility index (Phi) is 9.58. The van der Waals surface area contributed by atoms with Gasteiger partial charge in [-0.3, -0.25) is 4.79 Å². The molecule has 0 fully saturated rings. The Balaban J connectivity index is 2.24. The maximum absolute atomic E-state index is 13.1. The topological polar surface area (TPSA) is 93.7 Å². The first-order valence-corrected chi connectivity index (χ1v) is 11.0. The minimum Gasteiger partial charge on any atom is -0.507 e. The van der Waals surface area contributed by atoms with Gasteiger partial charge in [0.15, 0.2) is 5.43 Å². The predicted molar refractivity (Wildman–Crippen MR) is 126 cm³/mol. The zero-order valence-corrected chi connectivity index (χ0v) is 19.9. The van der Waals surface area contributed by atoms with Crippen LogP contribution in [0.15, 0.2) is 29.2 Å². The molecule has 1 heterocycles. The van der Waals surface area contributed by atoms with E-state index in [4.69, 9.17) is 31.1 Å². The zero-order chi connectivity index (χ0) is 23.7. The van der Waals surface area contributed by atoms with E-state index in [1.54, 1.807) is 24.4 Å². The average Bonchev–Trinajstić information content (AvgIpc) is 2.72. The van der Waals surface area contributed by atoms with Crippen LogP contribution in [-0.2, 0) is 15.0 Å². The molecule has 1 aromatic heterocycles. The Labute approximate surface area is 193 Å². The Hall–Kier alpha value is -2.53. The van der Waals surface area contributed by atoms with Crippen molar-refractivity contribution in [3.05, 3.63) is 45.2 Å². The van der Waals surface area contributed by atoms with Gasteiger partial charge < -0.3 is 23.9 Å². The van der Waals surface area contributed by atoms with Crippen LogP contribution in [0.1, 0.15) is 46.1 Å². The number of aliphatic hydroxyl groups excluding tert-OH is 1. The lowest BCUT2D eigenvalue weighted by atomic mass is 10.0. The zero-order valence-electron chi connectivity index (χ0n) is 19.1. The number of rotatable bonds is 11. The molecule has 0 aliphatic rings. The predicted octanol–water partition coefficient (Wildman–Crippen LogP) is 5.04. The summed E-state index contributed by atoms with van der Waals surface area (Å²) in [5.41, 5.74) is 0.276. The monoisotopic (exact) mass is 462 g/mol. The van der Waals surface area contributed by atoms with E-state index in [-0.39, 0.29) is 28.9 Å². The van der Waals surface area contributed by atoms with Crippen molar-refractivity contribution in [3.63, 3.8) is 0 Å². The number of hydrogen-bond acceptors (Lipinski definition) is 6. The van der Waals surface area contributed by atoms with Gasteiger partial charge in [-0.1, -0.05) is 18.5 Å². The number of nitriles is 1. The van der Waals surface area contributed by atoms with Gasteiger partial charge in [0.05, 0.1) is 60.4 Å². The largest absolute Gasteiger partial charge is 0.507 e. The van der Waals surface area contributed by atoms with E-state index >= 15 is 0 Å². The van der Waals surface area contributed by atoms with Gasteiger partial charge in [0.1, 0.15) is 18.1 Å². The van der Waals surface area contributed by atoms with Crippen LogP contribution in [0.25, 0.3) is 16.7 Å². The van der Waals surface area contributed by atoms with Crippen molar-refractivity contribution >= 4 is 28.3 Å². The highest BCUT2D eigenvalue weighted by atomic mass is 35.5. The fourth-order valence-corrected chi connectivity index (χ4v) is 3.34. The molecule has 0 radical (unpaired) electrons. The second-order valence-electron chi connectivity index (χ2n) is 8.19. The third kappa shape index (κ3) is 6.73. The molecule has 1 N–H and O–H groups in total. The van der Waals surface area contributed by atoms with Crippen LogP contribution >= 0.6 is 11.6 Å². The van der Waals surface area contributed by atoms with E-state index in [1.165, 1.54) is 0 Å². The number of ether oxygens (including phenoxy) is 3. The quantitative estimate of drug-likeness (QED) is 0.371. The molecule has 0 aliphatic heterocycles. The van der Waals surface area contributed by atoms with Gasteiger partial charge in [-0.15, -0.1) is 0 Å². The lowest BCUT2D eigenvalue weighted by Crippen LogP contribution is -2.26. The van der Waals surface area contributed by atoms with Crippen molar-refractivity contribution in [1.82, 2.24) is 4.57 Å². The molecule has 1 aromatic carbocycles. The standard InChI is InChI=1S/C24H31ClN2O5/c1-5-7-21(28)18-16-27(24(2,3)4)20-15-19(25)22(14-17(20)23(18)29)32-13-12-31-11-10-30-9-6-8-26/h7,14-16,28H,5-6,9-13H2,1-4H3/b21-7+. The molecular formula is C24H31ClN2O5. The van der Waals surface area contributed by atoms with Crippen LogP contribution in [0.5, 0.6) is 5.75 Å². The summed E-state index contributed by atoms with van der Waals surface area (Å²) in [6.07, 6.45) is 4.26. The van der Waals surface area contributed by atoms with Gasteiger partial charge in [-0.25, -0.2) is 0 Å². The van der Waals surface area contributed by atoms with E-state index in [1.807, 2.05) is 38.3 Å². The molecule has 0 amide bonds. The summed E-state index contributed by atoms with van der Waals surface area (Å²) < 4.78 is 18.4. The van der Waals surface area contributed by atoms with Crippen LogP contribution in [0, 0.1) is 11.3 Å². The lowest BCUT2D eigenvalue weighted by molar-refractivity contribution is 0.0381. The van der Waals surface area contributed by atoms with E-state index in [0.29, 0.717) is 60.9 Å². The summed E-state index contributed by atoms with van der Waals surface area (Å²) >= 11 is 6.45. The summed E-state index contributed by atoms with van der Waals surface area (Å²) in [5.74, 6) is 0.335. The minimum atomic E-state index is -0.345. The molecule has 0 saturated heterocycles. The van der Waals surface area contributed by atoms with E-state index < -0.39 is 0 Å². The average molecular weight is 463 g/mol. The second kappa shape index (κ2) is 11.9. The van der Waals surface area contributed by atoms with Crippen molar-refractivity contribution in [2.45, 2.75) is 46.1 Å². The van der Waals surface area contributed by atoms with Gasteiger partial charge in [0.2, 0.25) is 0 Å².